The molecular formula is C24H25N3O3. The molecule has 0 radical (unpaired) electrons. The van der Waals surface area contributed by atoms with Gasteiger partial charge < -0.3 is 10.1 Å². The molecule has 6 heteroatoms. The average molecular weight is 403 g/mol. The van der Waals surface area contributed by atoms with Crippen molar-refractivity contribution >= 4 is 18.0 Å². The predicted molar refractivity (Wildman–Crippen MR) is 117 cm³/mol. The lowest BCUT2D eigenvalue weighted by Gasteiger charge is -2.07. The fraction of sp³-hybridized carbons (Fsp3) is 0.208. The van der Waals surface area contributed by atoms with Gasteiger partial charge in [-0.2, -0.15) is 5.10 Å². The summed E-state index contributed by atoms with van der Waals surface area (Å²) in [5.74, 6) is -0.916. The highest BCUT2D eigenvalue weighted by molar-refractivity contribution is 5.90. The van der Waals surface area contributed by atoms with E-state index in [0.29, 0.717) is 0 Å². The Labute approximate surface area is 176 Å². The second-order valence-corrected chi connectivity index (χ2v) is 7.24. The summed E-state index contributed by atoms with van der Waals surface area (Å²) in [5, 5.41) is 7.39. The van der Waals surface area contributed by atoms with Gasteiger partial charge in [0.15, 0.2) is 6.61 Å². The van der Waals surface area contributed by atoms with Crippen molar-refractivity contribution in [3.05, 3.63) is 78.0 Å². The lowest BCUT2D eigenvalue weighted by Crippen LogP contribution is -2.33. The highest BCUT2D eigenvalue weighted by Crippen LogP contribution is 2.25. The van der Waals surface area contributed by atoms with Crippen LogP contribution in [0.15, 0.2) is 66.9 Å². The first-order valence-corrected chi connectivity index (χ1v) is 9.78. The molecule has 6 nitrogen and oxygen atoms in total. The van der Waals surface area contributed by atoms with Crippen molar-refractivity contribution in [1.82, 2.24) is 15.1 Å². The van der Waals surface area contributed by atoms with Gasteiger partial charge in [0.1, 0.15) is 0 Å². The Bertz CT molecular complexity index is 1040. The summed E-state index contributed by atoms with van der Waals surface area (Å²) in [6.07, 6.45) is 4.83. The Kier molecular flexibility index (Phi) is 6.80. The maximum Gasteiger partial charge on any atom is 0.331 e. The van der Waals surface area contributed by atoms with Gasteiger partial charge in [-0.05, 0) is 39.0 Å². The summed E-state index contributed by atoms with van der Waals surface area (Å²) in [6.45, 7) is 5.40. The van der Waals surface area contributed by atoms with Crippen LogP contribution in [0.2, 0.25) is 0 Å². The molecule has 1 aromatic heterocycles. The van der Waals surface area contributed by atoms with Gasteiger partial charge in [-0.1, -0.05) is 48.0 Å². The third kappa shape index (κ3) is 5.67. The molecule has 154 valence electrons. The van der Waals surface area contributed by atoms with Gasteiger partial charge in [0.25, 0.3) is 5.91 Å². The minimum absolute atomic E-state index is 0.00682. The van der Waals surface area contributed by atoms with E-state index in [1.807, 2.05) is 81.6 Å². The van der Waals surface area contributed by atoms with Crippen LogP contribution in [0.5, 0.6) is 0 Å². The van der Waals surface area contributed by atoms with Crippen LogP contribution in [0.4, 0.5) is 0 Å². The number of aryl methyl sites for hydroxylation is 1. The number of ether oxygens (including phenoxy) is 1. The quantitative estimate of drug-likeness (QED) is 0.479. The molecule has 0 saturated heterocycles. The number of rotatable bonds is 7. The number of hydrogen-bond donors (Lipinski definition) is 1. The van der Waals surface area contributed by atoms with Gasteiger partial charge in [-0.15, -0.1) is 0 Å². The van der Waals surface area contributed by atoms with E-state index < -0.39 is 5.97 Å². The summed E-state index contributed by atoms with van der Waals surface area (Å²) in [6, 6.07) is 17.8. The van der Waals surface area contributed by atoms with E-state index >= 15 is 0 Å². The number of nitrogens with one attached hydrogen (secondary N) is 1. The number of esters is 1. The van der Waals surface area contributed by atoms with Crippen molar-refractivity contribution < 1.29 is 14.3 Å². The van der Waals surface area contributed by atoms with Crippen LogP contribution < -0.4 is 5.32 Å². The molecule has 30 heavy (non-hydrogen) atoms. The molecule has 0 fully saturated rings. The van der Waals surface area contributed by atoms with E-state index in [2.05, 4.69) is 5.32 Å². The number of amides is 1. The molecule has 0 aliphatic heterocycles. The monoisotopic (exact) mass is 403 g/mol. The number of aromatic nitrogens is 2. The molecule has 0 aliphatic carbocycles. The van der Waals surface area contributed by atoms with Crippen LogP contribution >= 0.6 is 0 Å². The average Bonchev–Trinajstić information content (AvgIpc) is 3.16. The van der Waals surface area contributed by atoms with Crippen molar-refractivity contribution in [1.29, 1.82) is 0 Å². The van der Waals surface area contributed by atoms with E-state index in [-0.39, 0.29) is 18.6 Å². The predicted octanol–water partition coefficient (Wildman–Crippen LogP) is 3.93. The van der Waals surface area contributed by atoms with Gasteiger partial charge in [0.05, 0.1) is 11.4 Å². The summed E-state index contributed by atoms with van der Waals surface area (Å²) in [4.78, 5) is 23.7. The summed E-state index contributed by atoms with van der Waals surface area (Å²) < 4.78 is 6.79. The van der Waals surface area contributed by atoms with E-state index in [1.54, 1.807) is 10.8 Å². The molecule has 2 aromatic carbocycles. The zero-order valence-electron chi connectivity index (χ0n) is 17.3. The third-order valence-corrected chi connectivity index (χ3v) is 4.28. The van der Waals surface area contributed by atoms with E-state index in [0.717, 1.165) is 28.1 Å². The van der Waals surface area contributed by atoms with E-state index in [4.69, 9.17) is 9.84 Å². The third-order valence-electron chi connectivity index (χ3n) is 4.28. The van der Waals surface area contributed by atoms with E-state index in [9.17, 15) is 9.59 Å². The Hall–Kier alpha value is -3.67. The maximum atomic E-state index is 12.1. The number of nitrogens with zero attached hydrogens (tertiary/aromatic N) is 2. The lowest BCUT2D eigenvalue weighted by atomic mass is 10.1. The highest BCUT2D eigenvalue weighted by atomic mass is 16.5. The number of benzene rings is 2. The van der Waals surface area contributed by atoms with Crippen molar-refractivity contribution in [2.75, 3.05) is 6.61 Å². The first kappa shape index (κ1) is 21.0. The molecule has 0 saturated carbocycles. The summed E-state index contributed by atoms with van der Waals surface area (Å²) in [5.41, 5.74) is 4.53. The van der Waals surface area contributed by atoms with Crippen molar-refractivity contribution in [3.8, 4) is 16.9 Å². The molecule has 1 amide bonds. The smallest absolute Gasteiger partial charge is 0.331 e. The second-order valence-electron chi connectivity index (χ2n) is 7.24. The highest BCUT2D eigenvalue weighted by Gasteiger charge is 2.12. The van der Waals surface area contributed by atoms with Crippen LogP contribution in [-0.4, -0.2) is 34.3 Å². The zero-order valence-corrected chi connectivity index (χ0v) is 17.3. The normalized spacial score (nSPS) is 11.1. The molecule has 0 unspecified atom stereocenters. The van der Waals surface area contributed by atoms with Gasteiger partial charge >= 0.3 is 5.97 Å². The zero-order chi connectivity index (χ0) is 21.5. The first-order valence-electron chi connectivity index (χ1n) is 9.78. The van der Waals surface area contributed by atoms with Crippen LogP contribution in [0.25, 0.3) is 23.0 Å². The number of para-hydroxylation sites is 1. The fourth-order valence-corrected chi connectivity index (χ4v) is 2.86. The van der Waals surface area contributed by atoms with Crippen LogP contribution in [0, 0.1) is 6.92 Å². The minimum atomic E-state index is -0.587. The first-order chi connectivity index (χ1) is 14.4. The summed E-state index contributed by atoms with van der Waals surface area (Å²) >= 11 is 0. The topological polar surface area (TPSA) is 73.2 Å². The molecule has 3 rings (SSSR count). The van der Waals surface area contributed by atoms with Crippen LogP contribution in [0.3, 0.4) is 0 Å². The van der Waals surface area contributed by atoms with Crippen molar-refractivity contribution in [2.45, 2.75) is 26.8 Å². The molecule has 3 aromatic rings. The van der Waals surface area contributed by atoms with Gasteiger partial charge in [-0.3, -0.25) is 4.79 Å². The van der Waals surface area contributed by atoms with Crippen LogP contribution in [0.1, 0.15) is 25.0 Å². The Morgan fingerprint density at radius 1 is 1.10 bits per heavy atom. The number of carbonyl (C=O) groups excluding carboxylic acids is 2. The van der Waals surface area contributed by atoms with Gasteiger partial charge in [0.2, 0.25) is 0 Å². The molecular weight excluding hydrogens is 378 g/mol. The molecule has 0 spiro atoms. The largest absolute Gasteiger partial charge is 0.452 e. The minimum Gasteiger partial charge on any atom is -0.452 e. The van der Waals surface area contributed by atoms with Gasteiger partial charge in [-0.25, -0.2) is 9.48 Å². The SMILES string of the molecule is Cc1ccc(-c2nn(-c3ccccc3)cc2/C=C/C(=O)OCC(=O)NC(C)C)cc1. The van der Waals surface area contributed by atoms with E-state index in [1.165, 1.54) is 6.08 Å². The standard InChI is InChI=1S/C24H25N3O3/c1-17(2)25-22(28)16-30-23(29)14-13-20-15-27(21-7-5-4-6-8-21)26-24(20)19-11-9-18(3)10-12-19/h4-15,17H,16H2,1-3H3,(H,25,28)/b14-13+. The lowest BCUT2D eigenvalue weighted by molar-refractivity contribution is -0.143. The fourth-order valence-electron chi connectivity index (χ4n) is 2.86. The molecule has 1 heterocycles. The number of hydrogen-bond acceptors (Lipinski definition) is 4. The summed E-state index contributed by atoms with van der Waals surface area (Å²) in [7, 11) is 0. The molecule has 0 aliphatic rings. The van der Waals surface area contributed by atoms with Crippen LogP contribution in [-0.2, 0) is 14.3 Å². The second kappa shape index (κ2) is 9.69. The number of carbonyl (C=O) groups is 2. The molecule has 1 N–H and O–H groups in total. The van der Waals surface area contributed by atoms with Crippen molar-refractivity contribution in [2.24, 2.45) is 0 Å². The molecule has 0 atom stereocenters. The van der Waals surface area contributed by atoms with Crippen molar-refractivity contribution in [3.63, 3.8) is 0 Å². The maximum absolute atomic E-state index is 12.1. The Morgan fingerprint density at radius 2 is 1.80 bits per heavy atom. The molecule has 0 bridgehead atoms. The van der Waals surface area contributed by atoms with Gasteiger partial charge in [0, 0.05) is 29.4 Å². The Balaban J connectivity index is 1.82. The Morgan fingerprint density at radius 3 is 2.47 bits per heavy atom.